The topological polar surface area (TPSA) is 132 Å². The van der Waals surface area contributed by atoms with Gasteiger partial charge in [0.2, 0.25) is 5.91 Å². The molecule has 0 aliphatic rings. The lowest BCUT2D eigenvalue weighted by Crippen LogP contribution is -2.50. The molecular formula is C27H27N3O7. The molecule has 3 N–H and O–H groups in total. The lowest BCUT2D eigenvalue weighted by atomic mass is 10.1. The van der Waals surface area contributed by atoms with Crippen LogP contribution in [-0.2, 0) is 32.2 Å². The molecule has 37 heavy (non-hydrogen) atoms. The minimum Gasteiger partial charge on any atom is -0.497 e. The van der Waals surface area contributed by atoms with E-state index in [1.165, 1.54) is 19.2 Å². The van der Waals surface area contributed by atoms with Crippen LogP contribution in [0.3, 0.4) is 0 Å². The van der Waals surface area contributed by atoms with Gasteiger partial charge in [0.1, 0.15) is 18.4 Å². The first-order valence-corrected chi connectivity index (χ1v) is 11.4. The molecule has 0 saturated heterocycles. The number of alkyl carbamates (subject to hydrolysis) is 1. The quantitative estimate of drug-likeness (QED) is 0.361. The molecule has 192 valence electrons. The number of rotatable bonds is 10. The molecule has 1 atom stereocenters. The predicted octanol–water partition coefficient (Wildman–Crippen LogP) is 2.54. The van der Waals surface area contributed by atoms with Gasteiger partial charge in [-0.05, 0) is 35.4 Å². The standard InChI is InChI=1S/C27H27N3O7/c1-35-22-14-12-21(13-15-22)26(33)37-30-24(31)17-28-25(32)23(16-19-8-4-2-5-9-19)29-27(34)36-18-20-10-6-3-7-11-20/h2-15,23H,16-18H2,1H3,(H,28,32)(H,29,34)(H,30,31)/t23-/m0/s1. The van der Waals surface area contributed by atoms with Crippen LogP contribution in [0.1, 0.15) is 21.5 Å². The summed E-state index contributed by atoms with van der Waals surface area (Å²) in [7, 11) is 1.50. The molecular weight excluding hydrogens is 478 g/mol. The van der Waals surface area contributed by atoms with Gasteiger partial charge in [0.05, 0.1) is 19.2 Å². The zero-order valence-electron chi connectivity index (χ0n) is 20.1. The first-order valence-electron chi connectivity index (χ1n) is 11.4. The minimum atomic E-state index is -1.01. The van der Waals surface area contributed by atoms with E-state index in [1.54, 1.807) is 12.1 Å². The molecule has 0 aromatic heterocycles. The van der Waals surface area contributed by atoms with Gasteiger partial charge in [-0.1, -0.05) is 60.7 Å². The van der Waals surface area contributed by atoms with Crippen molar-refractivity contribution in [1.82, 2.24) is 16.1 Å². The van der Waals surface area contributed by atoms with Crippen molar-refractivity contribution < 1.29 is 33.5 Å². The van der Waals surface area contributed by atoms with Crippen LogP contribution in [0.15, 0.2) is 84.9 Å². The van der Waals surface area contributed by atoms with E-state index in [9.17, 15) is 19.2 Å². The number of methoxy groups -OCH3 is 1. The highest BCUT2D eigenvalue weighted by Gasteiger charge is 2.23. The molecule has 3 aromatic carbocycles. The van der Waals surface area contributed by atoms with Crippen LogP contribution in [0.5, 0.6) is 5.75 Å². The first kappa shape index (κ1) is 26.7. The van der Waals surface area contributed by atoms with Crippen molar-refractivity contribution in [3.63, 3.8) is 0 Å². The SMILES string of the molecule is COc1ccc(C(=O)ONC(=O)CNC(=O)[C@H](Cc2ccccc2)NC(=O)OCc2ccccc2)cc1. The maximum atomic E-state index is 12.8. The van der Waals surface area contributed by atoms with E-state index in [-0.39, 0.29) is 18.6 Å². The smallest absolute Gasteiger partial charge is 0.408 e. The summed E-state index contributed by atoms with van der Waals surface area (Å²) in [6.07, 6.45) is -0.612. The lowest BCUT2D eigenvalue weighted by molar-refractivity contribution is -0.132. The summed E-state index contributed by atoms with van der Waals surface area (Å²) >= 11 is 0. The lowest BCUT2D eigenvalue weighted by Gasteiger charge is -2.18. The molecule has 0 bridgehead atoms. The third-order valence-corrected chi connectivity index (χ3v) is 5.11. The molecule has 0 heterocycles. The van der Waals surface area contributed by atoms with Crippen molar-refractivity contribution in [1.29, 1.82) is 0 Å². The van der Waals surface area contributed by atoms with Crippen molar-refractivity contribution in [2.24, 2.45) is 0 Å². The normalized spacial score (nSPS) is 10.9. The molecule has 0 fully saturated rings. The fourth-order valence-electron chi connectivity index (χ4n) is 3.18. The van der Waals surface area contributed by atoms with Crippen LogP contribution in [0.4, 0.5) is 4.79 Å². The molecule has 3 rings (SSSR count). The summed E-state index contributed by atoms with van der Waals surface area (Å²) in [5.74, 6) is -1.60. The molecule has 0 saturated carbocycles. The van der Waals surface area contributed by atoms with Gasteiger partial charge in [-0.25, -0.2) is 9.59 Å². The molecule has 0 aliphatic carbocycles. The monoisotopic (exact) mass is 505 g/mol. The number of hydrogen-bond donors (Lipinski definition) is 3. The third-order valence-electron chi connectivity index (χ3n) is 5.11. The number of nitrogens with one attached hydrogen (secondary N) is 3. The van der Waals surface area contributed by atoms with Gasteiger partial charge in [0.15, 0.2) is 0 Å². The van der Waals surface area contributed by atoms with Crippen molar-refractivity contribution in [2.75, 3.05) is 13.7 Å². The van der Waals surface area contributed by atoms with Gasteiger partial charge < -0.3 is 24.9 Å². The largest absolute Gasteiger partial charge is 0.497 e. The molecule has 10 heteroatoms. The van der Waals surface area contributed by atoms with Crippen molar-refractivity contribution >= 4 is 23.9 Å². The fourth-order valence-corrected chi connectivity index (χ4v) is 3.18. The van der Waals surface area contributed by atoms with Gasteiger partial charge >= 0.3 is 12.1 Å². The Bertz CT molecular complexity index is 1190. The zero-order valence-corrected chi connectivity index (χ0v) is 20.1. The van der Waals surface area contributed by atoms with Crippen molar-refractivity contribution in [3.05, 3.63) is 102 Å². The number of hydroxylamine groups is 1. The summed E-state index contributed by atoms with van der Waals surface area (Å²) in [5.41, 5.74) is 3.78. The van der Waals surface area contributed by atoms with E-state index in [0.29, 0.717) is 5.75 Å². The first-order chi connectivity index (χ1) is 17.9. The molecule has 0 radical (unpaired) electrons. The Labute approximate surface area is 213 Å². The van der Waals surface area contributed by atoms with Crippen LogP contribution < -0.4 is 20.9 Å². The van der Waals surface area contributed by atoms with E-state index in [2.05, 4.69) is 10.6 Å². The number of carbonyl (C=O) groups is 4. The van der Waals surface area contributed by atoms with E-state index in [1.807, 2.05) is 66.1 Å². The van der Waals surface area contributed by atoms with Crippen molar-refractivity contribution in [3.8, 4) is 5.75 Å². The molecule has 0 spiro atoms. The summed E-state index contributed by atoms with van der Waals surface area (Å²) in [5, 5.41) is 4.97. The summed E-state index contributed by atoms with van der Waals surface area (Å²) < 4.78 is 10.2. The van der Waals surface area contributed by atoms with Gasteiger partial charge in [0.25, 0.3) is 5.91 Å². The van der Waals surface area contributed by atoms with Gasteiger partial charge in [-0.3, -0.25) is 9.59 Å². The number of carbonyl (C=O) groups excluding carboxylic acids is 4. The highest BCUT2D eigenvalue weighted by atomic mass is 16.7. The van der Waals surface area contributed by atoms with E-state index in [4.69, 9.17) is 14.3 Å². The summed E-state index contributed by atoms with van der Waals surface area (Å²) in [6, 6.07) is 23.3. The molecule has 0 unspecified atom stereocenters. The highest BCUT2D eigenvalue weighted by molar-refractivity contribution is 5.92. The molecule has 3 amide bonds. The van der Waals surface area contributed by atoms with E-state index in [0.717, 1.165) is 11.1 Å². The van der Waals surface area contributed by atoms with Gasteiger partial charge in [-0.15, -0.1) is 0 Å². The van der Waals surface area contributed by atoms with Crippen LogP contribution in [-0.4, -0.2) is 43.6 Å². The number of amides is 3. The highest BCUT2D eigenvalue weighted by Crippen LogP contribution is 2.11. The second-order valence-corrected chi connectivity index (χ2v) is 7.81. The molecule has 0 aliphatic heterocycles. The Morgan fingerprint density at radius 2 is 1.43 bits per heavy atom. The Morgan fingerprint density at radius 3 is 2.05 bits per heavy atom. The Hall–Kier alpha value is -4.86. The van der Waals surface area contributed by atoms with Crippen molar-refractivity contribution in [2.45, 2.75) is 19.1 Å². The Kier molecular flexibility index (Phi) is 10.0. The van der Waals surface area contributed by atoms with Crippen LogP contribution >= 0.6 is 0 Å². The van der Waals surface area contributed by atoms with E-state index < -0.39 is 36.5 Å². The Balaban J connectivity index is 1.51. The molecule has 3 aromatic rings. The van der Waals surface area contributed by atoms with Crippen LogP contribution in [0, 0.1) is 0 Å². The second kappa shape index (κ2) is 13.9. The van der Waals surface area contributed by atoms with Crippen LogP contribution in [0.2, 0.25) is 0 Å². The average Bonchev–Trinajstić information content (AvgIpc) is 2.94. The van der Waals surface area contributed by atoms with Gasteiger partial charge in [-0.2, -0.15) is 5.48 Å². The second-order valence-electron chi connectivity index (χ2n) is 7.81. The zero-order chi connectivity index (χ0) is 26.5. The fraction of sp³-hybridized carbons (Fsp3) is 0.185. The third kappa shape index (κ3) is 9.02. The predicted molar refractivity (Wildman–Crippen MR) is 133 cm³/mol. The Morgan fingerprint density at radius 1 is 0.811 bits per heavy atom. The number of hydrogen-bond acceptors (Lipinski definition) is 7. The summed E-state index contributed by atoms with van der Waals surface area (Å²) in [6.45, 7) is -0.449. The maximum absolute atomic E-state index is 12.8. The van der Waals surface area contributed by atoms with E-state index >= 15 is 0 Å². The number of benzene rings is 3. The maximum Gasteiger partial charge on any atom is 0.408 e. The summed E-state index contributed by atoms with van der Waals surface area (Å²) in [4.78, 5) is 54.1. The molecule has 10 nitrogen and oxygen atoms in total. The average molecular weight is 506 g/mol. The minimum absolute atomic E-state index is 0.0360. The van der Waals surface area contributed by atoms with Crippen LogP contribution in [0.25, 0.3) is 0 Å². The van der Waals surface area contributed by atoms with Gasteiger partial charge in [0, 0.05) is 6.42 Å². The number of ether oxygens (including phenoxy) is 2.